The molecule has 0 radical (unpaired) electrons. The number of aryl methyl sites for hydroxylation is 1. The molecule has 3 aromatic rings. The van der Waals surface area contributed by atoms with Gasteiger partial charge < -0.3 is 5.32 Å². The van der Waals surface area contributed by atoms with E-state index in [9.17, 15) is 0 Å². The molecule has 3 rings (SSSR count). The molecule has 0 spiro atoms. The average Bonchev–Trinajstić information content (AvgIpc) is 2.52. The van der Waals surface area contributed by atoms with Gasteiger partial charge in [0.2, 0.25) is 0 Å². The van der Waals surface area contributed by atoms with Crippen LogP contribution in [0.15, 0.2) is 42.6 Å². The van der Waals surface area contributed by atoms with Crippen LogP contribution in [-0.4, -0.2) is 21.5 Å². The SMILES string of the molecule is CCCNc1cc(-c2cccc3ncccc23)nc(C)n1. The van der Waals surface area contributed by atoms with Crippen molar-refractivity contribution >= 4 is 16.7 Å². The van der Waals surface area contributed by atoms with Crippen molar-refractivity contribution in [2.75, 3.05) is 11.9 Å². The molecule has 0 aliphatic rings. The molecule has 0 unspecified atom stereocenters. The summed E-state index contributed by atoms with van der Waals surface area (Å²) in [6.45, 7) is 4.97. The normalized spacial score (nSPS) is 10.8. The zero-order chi connectivity index (χ0) is 14.7. The Balaban J connectivity index is 2.12. The highest BCUT2D eigenvalue weighted by atomic mass is 15.0. The van der Waals surface area contributed by atoms with Crippen LogP contribution in [0.25, 0.3) is 22.2 Å². The Kier molecular flexibility index (Phi) is 3.77. The molecule has 2 heterocycles. The lowest BCUT2D eigenvalue weighted by Crippen LogP contribution is -2.04. The zero-order valence-corrected chi connectivity index (χ0v) is 12.3. The van der Waals surface area contributed by atoms with Crippen LogP contribution in [0.3, 0.4) is 0 Å². The number of fused-ring (bicyclic) bond motifs is 1. The van der Waals surface area contributed by atoms with Gasteiger partial charge in [-0.3, -0.25) is 4.98 Å². The van der Waals surface area contributed by atoms with Gasteiger partial charge in [0.25, 0.3) is 0 Å². The molecule has 2 aromatic heterocycles. The third-order valence-electron chi connectivity index (χ3n) is 3.32. The van der Waals surface area contributed by atoms with Crippen molar-refractivity contribution in [2.24, 2.45) is 0 Å². The number of benzene rings is 1. The Morgan fingerprint density at radius 3 is 2.86 bits per heavy atom. The zero-order valence-electron chi connectivity index (χ0n) is 12.3. The first-order valence-electron chi connectivity index (χ1n) is 7.21. The van der Waals surface area contributed by atoms with Crippen molar-refractivity contribution in [2.45, 2.75) is 20.3 Å². The van der Waals surface area contributed by atoms with E-state index in [1.807, 2.05) is 37.4 Å². The molecular weight excluding hydrogens is 260 g/mol. The van der Waals surface area contributed by atoms with Gasteiger partial charge >= 0.3 is 0 Å². The highest BCUT2D eigenvalue weighted by Crippen LogP contribution is 2.27. The van der Waals surface area contributed by atoms with Crippen LogP contribution in [0.5, 0.6) is 0 Å². The highest BCUT2D eigenvalue weighted by Gasteiger charge is 2.08. The maximum Gasteiger partial charge on any atom is 0.130 e. The topological polar surface area (TPSA) is 50.7 Å². The van der Waals surface area contributed by atoms with Gasteiger partial charge in [0.15, 0.2) is 0 Å². The molecule has 1 N–H and O–H groups in total. The number of rotatable bonds is 4. The molecule has 106 valence electrons. The molecule has 0 saturated carbocycles. The molecule has 21 heavy (non-hydrogen) atoms. The Morgan fingerprint density at radius 1 is 1.10 bits per heavy atom. The summed E-state index contributed by atoms with van der Waals surface area (Å²) in [5, 5.41) is 4.44. The maximum absolute atomic E-state index is 4.58. The standard InChI is InChI=1S/C17H18N4/c1-3-9-19-17-11-16(20-12(2)21-17)14-6-4-8-15-13(14)7-5-10-18-15/h4-8,10-11H,3,9H2,1-2H3,(H,19,20,21). The number of hydrogen-bond donors (Lipinski definition) is 1. The third-order valence-corrected chi connectivity index (χ3v) is 3.32. The number of pyridine rings is 1. The molecule has 0 amide bonds. The molecule has 0 atom stereocenters. The maximum atomic E-state index is 4.58. The molecule has 1 aromatic carbocycles. The van der Waals surface area contributed by atoms with Crippen LogP contribution in [0.2, 0.25) is 0 Å². The molecule has 4 nitrogen and oxygen atoms in total. The number of hydrogen-bond acceptors (Lipinski definition) is 4. The second kappa shape index (κ2) is 5.87. The van der Waals surface area contributed by atoms with Crippen molar-refractivity contribution in [3.8, 4) is 11.3 Å². The summed E-state index contributed by atoms with van der Waals surface area (Å²) in [7, 11) is 0. The minimum absolute atomic E-state index is 0.770. The molecule has 0 bridgehead atoms. The van der Waals surface area contributed by atoms with Gasteiger partial charge in [0.05, 0.1) is 11.2 Å². The van der Waals surface area contributed by atoms with E-state index in [0.29, 0.717) is 0 Å². The van der Waals surface area contributed by atoms with E-state index in [2.05, 4.69) is 39.3 Å². The third kappa shape index (κ3) is 2.84. The van der Waals surface area contributed by atoms with Crippen LogP contribution >= 0.6 is 0 Å². The minimum atomic E-state index is 0.770. The lowest BCUT2D eigenvalue weighted by atomic mass is 10.1. The second-order valence-electron chi connectivity index (χ2n) is 4.99. The average molecular weight is 278 g/mol. The van der Waals surface area contributed by atoms with Crippen LogP contribution in [0, 0.1) is 6.92 Å². The van der Waals surface area contributed by atoms with Crippen LogP contribution in [0.4, 0.5) is 5.82 Å². The summed E-state index contributed by atoms with van der Waals surface area (Å²) < 4.78 is 0. The lowest BCUT2D eigenvalue weighted by Gasteiger charge is -2.09. The second-order valence-corrected chi connectivity index (χ2v) is 4.99. The van der Waals surface area contributed by atoms with E-state index in [1.54, 1.807) is 0 Å². The molecule has 0 fully saturated rings. The van der Waals surface area contributed by atoms with Gasteiger partial charge in [-0.05, 0) is 25.5 Å². The first-order chi connectivity index (χ1) is 10.3. The predicted octanol–water partition coefficient (Wildman–Crippen LogP) is 3.82. The van der Waals surface area contributed by atoms with Gasteiger partial charge in [-0.2, -0.15) is 0 Å². The smallest absolute Gasteiger partial charge is 0.130 e. The summed E-state index contributed by atoms with van der Waals surface area (Å²) in [5.41, 5.74) is 3.00. The van der Waals surface area contributed by atoms with E-state index >= 15 is 0 Å². The van der Waals surface area contributed by atoms with Crippen molar-refractivity contribution < 1.29 is 0 Å². The van der Waals surface area contributed by atoms with Crippen molar-refractivity contribution in [3.05, 3.63) is 48.4 Å². The first-order valence-corrected chi connectivity index (χ1v) is 7.21. The monoisotopic (exact) mass is 278 g/mol. The Bertz CT molecular complexity index is 762. The minimum Gasteiger partial charge on any atom is -0.370 e. The fourth-order valence-electron chi connectivity index (χ4n) is 2.38. The first kappa shape index (κ1) is 13.5. The van der Waals surface area contributed by atoms with Crippen LogP contribution in [0.1, 0.15) is 19.2 Å². The molecule has 0 aliphatic heterocycles. The number of anilines is 1. The molecule has 0 saturated heterocycles. The van der Waals surface area contributed by atoms with E-state index in [0.717, 1.165) is 46.8 Å². The van der Waals surface area contributed by atoms with Gasteiger partial charge in [0, 0.05) is 29.8 Å². The van der Waals surface area contributed by atoms with Gasteiger partial charge in [-0.1, -0.05) is 25.1 Å². The largest absolute Gasteiger partial charge is 0.370 e. The Labute approximate surface area is 124 Å². The van der Waals surface area contributed by atoms with E-state index in [-0.39, 0.29) is 0 Å². The summed E-state index contributed by atoms with van der Waals surface area (Å²) in [5.74, 6) is 1.65. The lowest BCUT2D eigenvalue weighted by molar-refractivity contribution is 0.955. The van der Waals surface area contributed by atoms with Crippen molar-refractivity contribution in [1.82, 2.24) is 15.0 Å². The number of nitrogens with zero attached hydrogens (tertiary/aromatic N) is 3. The summed E-state index contributed by atoms with van der Waals surface area (Å²) in [4.78, 5) is 13.4. The molecule has 4 heteroatoms. The molecule has 0 aliphatic carbocycles. The van der Waals surface area contributed by atoms with Gasteiger partial charge in [0.1, 0.15) is 11.6 Å². The van der Waals surface area contributed by atoms with E-state index < -0.39 is 0 Å². The van der Waals surface area contributed by atoms with Crippen molar-refractivity contribution in [3.63, 3.8) is 0 Å². The summed E-state index contributed by atoms with van der Waals surface area (Å²) >= 11 is 0. The molecular formula is C17H18N4. The predicted molar refractivity (Wildman–Crippen MR) is 86.3 cm³/mol. The van der Waals surface area contributed by atoms with Crippen LogP contribution < -0.4 is 5.32 Å². The quantitative estimate of drug-likeness (QED) is 0.788. The highest BCUT2D eigenvalue weighted by molar-refractivity contribution is 5.93. The van der Waals surface area contributed by atoms with E-state index in [1.165, 1.54) is 0 Å². The fourth-order valence-corrected chi connectivity index (χ4v) is 2.38. The van der Waals surface area contributed by atoms with Gasteiger partial charge in [-0.25, -0.2) is 9.97 Å². The Hall–Kier alpha value is -2.49. The van der Waals surface area contributed by atoms with Crippen LogP contribution in [-0.2, 0) is 0 Å². The van der Waals surface area contributed by atoms with Gasteiger partial charge in [-0.15, -0.1) is 0 Å². The summed E-state index contributed by atoms with van der Waals surface area (Å²) in [6.07, 6.45) is 2.88. The Morgan fingerprint density at radius 2 is 2.00 bits per heavy atom. The fraction of sp³-hybridized carbons (Fsp3) is 0.235. The number of nitrogens with one attached hydrogen (secondary N) is 1. The summed E-state index contributed by atoms with van der Waals surface area (Å²) in [6, 6.07) is 12.1. The number of aromatic nitrogens is 3. The van der Waals surface area contributed by atoms with E-state index in [4.69, 9.17) is 0 Å². The van der Waals surface area contributed by atoms with Crippen molar-refractivity contribution in [1.29, 1.82) is 0 Å².